The van der Waals surface area contributed by atoms with Crippen LogP contribution in [-0.4, -0.2) is 63.7 Å². The molecule has 1 unspecified atom stereocenters. The summed E-state index contributed by atoms with van der Waals surface area (Å²) in [5.41, 5.74) is 6.62. The largest absolute Gasteiger partial charge is 0.488 e. The monoisotopic (exact) mass is 455 g/mol. The molecule has 0 aromatic carbocycles. The molecule has 4 heterocycles. The van der Waals surface area contributed by atoms with E-state index in [1.165, 1.54) is 6.33 Å². The number of nitrogens with two attached hydrogens (primary N) is 1. The highest BCUT2D eigenvalue weighted by Crippen LogP contribution is 2.63. The number of nitrogens with zero attached hydrogens (tertiary/aromatic N) is 5. The molecule has 4 rings (SSSR count). The van der Waals surface area contributed by atoms with Crippen LogP contribution in [0.15, 0.2) is 11.1 Å². The summed E-state index contributed by atoms with van der Waals surface area (Å²) in [7, 11) is 2.88. The first-order valence-corrected chi connectivity index (χ1v) is 10.3. The number of nitriles is 1. The molecule has 2 aliphatic rings. The van der Waals surface area contributed by atoms with E-state index in [0.717, 1.165) is 0 Å². The lowest BCUT2D eigenvalue weighted by atomic mass is 10.1. The molecule has 0 aliphatic carbocycles. The molecule has 2 aromatic heterocycles. The van der Waals surface area contributed by atoms with Crippen molar-refractivity contribution in [1.29, 1.82) is 5.26 Å². The Morgan fingerprint density at radius 3 is 3.15 bits per heavy atom. The van der Waals surface area contributed by atoms with Gasteiger partial charge in [-0.15, -0.1) is 0 Å². The Bertz CT molecular complexity index is 913. The van der Waals surface area contributed by atoms with Gasteiger partial charge in [-0.3, -0.25) is 4.57 Å². The van der Waals surface area contributed by atoms with E-state index < -0.39 is 32.4 Å². The number of halogens is 1. The summed E-state index contributed by atoms with van der Waals surface area (Å²) in [6.45, 7) is 0.156. The number of fused-ring (bicyclic) bond motifs is 2. The van der Waals surface area contributed by atoms with E-state index in [0.29, 0.717) is 15.9 Å². The Hall–Kier alpha value is -1.39. The van der Waals surface area contributed by atoms with Crippen LogP contribution in [0.3, 0.4) is 0 Å². The lowest BCUT2D eigenvalue weighted by molar-refractivity contribution is -0.0636. The van der Waals surface area contributed by atoms with E-state index in [9.17, 15) is 5.11 Å². The van der Waals surface area contributed by atoms with Gasteiger partial charge in [0.15, 0.2) is 34.0 Å². The first kappa shape index (κ1) is 19.0. The molecule has 11 nitrogen and oxygen atoms in total. The molecule has 3 N–H and O–H groups in total. The molecule has 0 saturated carbocycles. The number of rotatable bonds is 4. The number of anilines is 1. The van der Waals surface area contributed by atoms with Crippen LogP contribution < -0.4 is 5.73 Å². The van der Waals surface area contributed by atoms with Gasteiger partial charge in [-0.2, -0.15) is 18.8 Å². The van der Waals surface area contributed by atoms with Crippen molar-refractivity contribution in [3.8, 4) is 6.07 Å². The average Bonchev–Trinajstić information content (AvgIpc) is 3.13. The maximum absolute atomic E-state index is 10.8. The van der Waals surface area contributed by atoms with E-state index in [4.69, 9.17) is 36.9 Å². The number of hydrogen-bond donors (Lipinski definition) is 2. The van der Waals surface area contributed by atoms with Gasteiger partial charge in [0.25, 0.3) is 0 Å². The second-order valence-electron chi connectivity index (χ2n) is 5.88. The minimum Gasteiger partial charge on any atom is -0.385 e. The minimum atomic E-state index is -3.14. The SMILES string of the molecule is [B][P+]1(OCCC#N)OC[C@H]2O[C@@H](n3c(Br)nc4c(N)ncnc43)[C@H](O)[C@@H]2O1. The Morgan fingerprint density at radius 2 is 2.37 bits per heavy atom. The van der Waals surface area contributed by atoms with E-state index in [1.54, 1.807) is 4.57 Å². The predicted octanol–water partition coefficient (Wildman–Crippen LogP) is 0.621. The van der Waals surface area contributed by atoms with Gasteiger partial charge in [0, 0.05) is 0 Å². The van der Waals surface area contributed by atoms with Crippen molar-refractivity contribution in [1.82, 2.24) is 19.5 Å². The maximum Gasteiger partial charge on any atom is 0.488 e. The number of aliphatic hydroxyl groups is 1. The Labute approximate surface area is 163 Å². The van der Waals surface area contributed by atoms with Gasteiger partial charge < -0.3 is 15.6 Å². The molecule has 2 saturated heterocycles. The number of ether oxygens (including phenoxy) is 1. The average molecular weight is 456 g/mol. The van der Waals surface area contributed by atoms with Gasteiger partial charge in [-0.25, -0.2) is 15.0 Å². The summed E-state index contributed by atoms with van der Waals surface area (Å²) >= 11 is 3.34. The third-order valence-electron chi connectivity index (χ3n) is 4.20. The molecule has 2 aromatic rings. The lowest BCUT2D eigenvalue weighted by Crippen LogP contribution is -2.41. The molecule has 5 atom stereocenters. The molecule has 2 aliphatic heterocycles. The van der Waals surface area contributed by atoms with E-state index in [1.807, 2.05) is 6.07 Å². The predicted molar refractivity (Wildman–Crippen MR) is 97.0 cm³/mol. The van der Waals surface area contributed by atoms with Crippen molar-refractivity contribution >= 4 is 48.3 Å². The minimum absolute atomic E-state index is 0.0758. The number of hydrogen-bond acceptors (Lipinski definition) is 10. The summed E-state index contributed by atoms with van der Waals surface area (Å²) in [6.07, 6.45) is -1.83. The van der Waals surface area contributed by atoms with E-state index in [2.05, 4.69) is 30.9 Å². The highest BCUT2D eigenvalue weighted by molar-refractivity contribution is 9.10. The van der Waals surface area contributed by atoms with Crippen molar-refractivity contribution in [2.75, 3.05) is 18.9 Å². The summed E-state index contributed by atoms with van der Waals surface area (Å²) in [5.74, 6) is 0.210. The summed E-state index contributed by atoms with van der Waals surface area (Å²) in [5, 5.41) is 19.4. The van der Waals surface area contributed by atoms with E-state index in [-0.39, 0.29) is 25.5 Å². The molecule has 2 radical (unpaired) electrons. The molecular weight excluding hydrogens is 442 g/mol. The second kappa shape index (κ2) is 7.22. The molecule has 140 valence electrons. The lowest BCUT2D eigenvalue weighted by Gasteiger charge is -2.30. The normalized spacial score (nSPS) is 33.1. The zero-order chi connectivity index (χ0) is 19.2. The van der Waals surface area contributed by atoms with Crippen LogP contribution in [0, 0.1) is 11.3 Å². The van der Waals surface area contributed by atoms with Crippen LogP contribution in [0.5, 0.6) is 0 Å². The molecule has 0 spiro atoms. The van der Waals surface area contributed by atoms with Crippen LogP contribution in [0.4, 0.5) is 5.82 Å². The van der Waals surface area contributed by atoms with Crippen molar-refractivity contribution in [2.24, 2.45) is 0 Å². The quantitative estimate of drug-likeness (QED) is 0.290. The summed E-state index contributed by atoms with van der Waals surface area (Å²) in [4.78, 5) is 12.4. The topological polar surface area (TPSA) is 151 Å². The zero-order valence-electron chi connectivity index (χ0n) is 13.8. The van der Waals surface area contributed by atoms with Crippen molar-refractivity contribution in [3.05, 3.63) is 11.1 Å². The molecular formula is C13H14BBrN6O5P+. The Kier molecular flexibility index (Phi) is 5.07. The molecule has 0 amide bonds. The molecule has 27 heavy (non-hydrogen) atoms. The van der Waals surface area contributed by atoms with Crippen LogP contribution in [0.1, 0.15) is 12.6 Å². The van der Waals surface area contributed by atoms with Crippen molar-refractivity contribution < 1.29 is 23.4 Å². The number of aliphatic hydroxyl groups excluding tert-OH is 1. The van der Waals surface area contributed by atoms with Gasteiger partial charge in [0.2, 0.25) is 0 Å². The first-order chi connectivity index (χ1) is 12.9. The molecule has 14 heteroatoms. The van der Waals surface area contributed by atoms with Gasteiger partial charge in [0.1, 0.15) is 31.7 Å². The highest BCUT2D eigenvalue weighted by Gasteiger charge is 2.58. The number of nitrogen functional groups attached to an aromatic ring is 1. The second-order valence-corrected chi connectivity index (χ2v) is 8.40. The highest BCUT2D eigenvalue weighted by atomic mass is 79.9. The van der Waals surface area contributed by atoms with Crippen molar-refractivity contribution in [3.63, 3.8) is 0 Å². The third kappa shape index (κ3) is 3.32. The first-order valence-electron chi connectivity index (χ1n) is 7.93. The summed E-state index contributed by atoms with van der Waals surface area (Å²) in [6, 6.07) is 1.95. The number of imidazole rings is 1. The Morgan fingerprint density at radius 1 is 1.56 bits per heavy atom. The van der Waals surface area contributed by atoms with Gasteiger partial charge in [-0.1, -0.05) is 0 Å². The zero-order valence-corrected chi connectivity index (χ0v) is 16.3. The fourth-order valence-electron chi connectivity index (χ4n) is 2.99. The number of aromatic nitrogens is 4. The molecule has 2 fully saturated rings. The van der Waals surface area contributed by atoms with Crippen LogP contribution in [0.2, 0.25) is 0 Å². The Balaban J connectivity index is 1.59. The van der Waals surface area contributed by atoms with Crippen LogP contribution >= 0.6 is 23.8 Å². The maximum atomic E-state index is 10.8. The van der Waals surface area contributed by atoms with Crippen LogP contribution in [-0.2, 0) is 18.3 Å². The fourth-order valence-corrected chi connectivity index (χ4v) is 5.03. The van der Waals surface area contributed by atoms with E-state index >= 15 is 0 Å². The smallest absolute Gasteiger partial charge is 0.385 e. The van der Waals surface area contributed by atoms with Crippen LogP contribution in [0.25, 0.3) is 11.2 Å². The standard InChI is InChI=1S/C13H14BBrN6O5P/c14-27(23-3-1-2-16)24-4-6-9(26-27)8(22)12(25-6)21-11-7(20-13(21)15)10(17)18-5-19-11/h5-6,8-9,12,22H,1,3-4H2,(H2,17,18,19)/q+1/t6-,8-,9-,12-,27?/m1/s1. The molecule has 0 bridgehead atoms. The van der Waals surface area contributed by atoms with Crippen molar-refractivity contribution in [2.45, 2.75) is 31.0 Å². The third-order valence-corrected chi connectivity index (χ3v) is 6.35. The van der Waals surface area contributed by atoms with Gasteiger partial charge in [-0.05, 0) is 15.9 Å². The summed E-state index contributed by atoms with van der Waals surface area (Å²) < 4.78 is 24.4. The van der Waals surface area contributed by atoms with Gasteiger partial charge >= 0.3 is 15.4 Å². The van der Waals surface area contributed by atoms with Gasteiger partial charge in [0.05, 0.1) is 12.5 Å². The fraction of sp³-hybridized carbons (Fsp3) is 0.538.